The molecule has 0 atom stereocenters. The number of amides is 1. The molecule has 6 heteroatoms. The first-order valence-electron chi connectivity index (χ1n) is 4.50. The maximum Gasteiger partial charge on any atom is 0.257 e. The summed E-state index contributed by atoms with van der Waals surface area (Å²) in [5.74, 6) is -0.174. The highest BCUT2D eigenvalue weighted by atomic mass is 79.9. The Morgan fingerprint density at radius 1 is 1.50 bits per heavy atom. The molecule has 0 aliphatic rings. The highest BCUT2D eigenvalue weighted by Gasteiger charge is 2.08. The lowest BCUT2D eigenvalue weighted by Crippen LogP contribution is -2.11. The Hall–Kier alpha value is -1.27. The molecule has 1 aromatic carbocycles. The van der Waals surface area contributed by atoms with Gasteiger partial charge in [-0.1, -0.05) is 27.3 Å². The van der Waals surface area contributed by atoms with Gasteiger partial charge >= 0.3 is 0 Å². The second-order valence-corrected chi connectivity index (χ2v) is 4.85. The van der Waals surface area contributed by atoms with Crippen LogP contribution in [0.4, 0.5) is 5.13 Å². The molecular weight excluding hydrogens is 290 g/mol. The first kappa shape index (κ1) is 11.2. The highest BCUT2D eigenvalue weighted by Crippen LogP contribution is 2.18. The number of benzene rings is 1. The first-order valence-corrected chi connectivity index (χ1v) is 6.18. The van der Waals surface area contributed by atoms with E-state index in [0.29, 0.717) is 10.7 Å². The normalized spacial score (nSPS) is 10.1. The van der Waals surface area contributed by atoms with Crippen molar-refractivity contribution in [2.45, 2.75) is 6.92 Å². The molecule has 0 bridgehead atoms. The summed E-state index contributed by atoms with van der Waals surface area (Å²) in [6.07, 6.45) is 0. The van der Waals surface area contributed by atoms with Crippen molar-refractivity contribution in [1.82, 2.24) is 10.2 Å². The van der Waals surface area contributed by atoms with Crippen LogP contribution in [-0.2, 0) is 0 Å². The van der Waals surface area contributed by atoms with E-state index in [2.05, 4.69) is 31.4 Å². The fraction of sp³-hybridized carbons (Fsp3) is 0.100. The maximum absolute atomic E-state index is 11.8. The number of hydrogen-bond donors (Lipinski definition) is 1. The largest absolute Gasteiger partial charge is 0.296 e. The van der Waals surface area contributed by atoms with E-state index in [1.165, 1.54) is 11.3 Å². The van der Waals surface area contributed by atoms with Gasteiger partial charge in [-0.05, 0) is 30.7 Å². The van der Waals surface area contributed by atoms with Crippen molar-refractivity contribution in [2.24, 2.45) is 0 Å². The van der Waals surface area contributed by atoms with Crippen LogP contribution in [0.3, 0.4) is 0 Å². The number of rotatable bonds is 2. The highest BCUT2D eigenvalue weighted by molar-refractivity contribution is 9.10. The lowest BCUT2D eigenvalue weighted by atomic mass is 10.1. The van der Waals surface area contributed by atoms with Crippen molar-refractivity contribution >= 4 is 38.3 Å². The van der Waals surface area contributed by atoms with E-state index in [9.17, 15) is 4.79 Å². The molecule has 0 spiro atoms. The van der Waals surface area contributed by atoms with E-state index in [-0.39, 0.29) is 5.91 Å². The summed E-state index contributed by atoms with van der Waals surface area (Å²) in [5.41, 5.74) is 3.20. The van der Waals surface area contributed by atoms with Crippen molar-refractivity contribution < 1.29 is 4.79 Å². The molecule has 0 saturated carbocycles. The van der Waals surface area contributed by atoms with Crippen LogP contribution in [0.15, 0.2) is 28.2 Å². The Kier molecular flexibility index (Phi) is 3.31. The smallest absolute Gasteiger partial charge is 0.257 e. The summed E-state index contributed by atoms with van der Waals surface area (Å²) in [5, 5.41) is 10.6. The number of nitrogens with zero attached hydrogens (tertiary/aromatic N) is 2. The summed E-state index contributed by atoms with van der Waals surface area (Å²) < 4.78 is 0.986. The molecule has 0 fully saturated rings. The summed E-state index contributed by atoms with van der Waals surface area (Å²) in [6.45, 7) is 1.94. The molecule has 0 saturated heterocycles. The van der Waals surface area contributed by atoms with Crippen LogP contribution in [0.5, 0.6) is 0 Å². The quantitative estimate of drug-likeness (QED) is 0.927. The Labute approximate surface area is 105 Å². The standard InChI is InChI=1S/C10H8BrN3OS/c1-6-4-7(2-3-8(6)11)9(15)13-10-14-12-5-16-10/h2-5H,1H3,(H,13,14,15). The molecule has 0 aliphatic heterocycles. The molecule has 4 nitrogen and oxygen atoms in total. The topological polar surface area (TPSA) is 54.9 Å². The zero-order chi connectivity index (χ0) is 11.5. The van der Waals surface area contributed by atoms with E-state index in [0.717, 1.165) is 10.0 Å². The average Bonchev–Trinajstić information content (AvgIpc) is 2.74. The zero-order valence-electron chi connectivity index (χ0n) is 8.40. The summed E-state index contributed by atoms with van der Waals surface area (Å²) in [7, 11) is 0. The molecule has 1 aromatic heterocycles. The van der Waals surface area contributed by atoms with Crippen LogP contribution in [0, 0.1) is 6.92 Å². The van der Waals surface area contributed by atoms with Gasteiger partial charge in [0, 0.05) is 10.0 Å². The molecule has 0 radical (unpaired) electrons. The number of nitrogens with one attached hydrogen (secondary N) is 1. The van der Waals surface area contributed by atoms with Crippen LogP contribution in [0.1, 0.15) is 15.9 Å². The first-order chi connectivity index (χ1) is 7.66. The Morgan fingerprint density at radius 2 is 2.31 bits per heavy atom. The second kappa shape index (κ2) is 4.71. The van der Waals surface area contributed by atoms with Gasteiger partial charge in [0.1, 0.15) is 5.51 Å². The number of aromatic nitrogens is 2. The molecule has 1 heterocycles. The summed E-state index contributed by atoms with van der Waals surface area (Å²) in [4.78, 5) is 11.8. The van der Waals surface area contributed by atoms with Crippen LogP contribution >= 0.6 is 27.3 Å². The molecule has 0 aliphatic carbocycles. The zero-order valence-corrected chi connectivity index (χ0v) is 10.8. The van der Waals surface area contributed by atoms with Crippen molar-refractivity contribution in [3.05, 3.63) is 39.3 Å². The van der Waals surface area contributed by atoms with Gasteiger partial charge in [0.25, 0.3) is 5.91 Å². The van der Waals surface area contributed by atoms with Gasteiger partial charge in [-0.2, -0.15) is 0 Å². The third kappa shape index (κ3) is 2.45. The minimum absolute atomic E-state index is 0.174. The minimum atomic E-state index is -0.174. The predicted molar refractivity (Wildman–Crippen MR) is 66.7 cm³/mol. The van der Waals surface area contributed by atoms with E-state index < -0.39 is 0 Å². The number of halogens is 1. The number of hydrogen-bond acceptors (Lipinski definition) is 4. The van der Waals surface area contributed by atoms with Gasteiger partial charge in [0.05, 0.1) is 0 Å². The fourth-order valence-electron chi connectivity index (χ4n) is 1.18. The van der Waals surface area contributed by atoms with Crippen LogP contribution in [-0.4, -0.2) is 16.1 Å². The summed E-state index contributed by atoms with van der Waals surface area (Å²) in [6, 6.07) is 5.43. The molecule has 16 heavy (non-hydrogen) atoms. The van der Waals surface area contributed by atoms with Crippen LogP contribution in [0.25, 0.3) is 0 Å². The Balaban J connectivity index is 2.18. The Bertz CT molecular complexity index is 513. The van der Waals surface area contributed by atoms with Crippen molar-refractivity contribution in [1.29, 1.82) is 0 Å². The van der Waals surface area contributed by atoms with E-state index in [1.807, 2.05) is 19.1 Å². The molecule has 1 amide bonds. The van der Waals surface area contributed by atoms with Crippen LogP contribution < -0.4 is 5.32 Å². The summed E-state index contributed by atoms with van der Waals surface area (Å²) >= 11 is 4.68. The monoisotopic (exact) mass is 297 g/mol. The van der Waals surface area contributed by atoms with Crippen molar-refractivity contribution in [3.8, 4) is 0 Å². The van der Waals surface area contributed by atoms with Gasteiger partial charge in [-0.3, -0.25) is 10.1 Å². The molecule has 1 N–H and O–H groups in total. The Morgan fingerprint density at radius 3 is 2.94 bits per heavy atom. The third-order valence-corrected chi connectivity index (χ3v) is 3.50. The van der Waals surface area contributed by atoms with Gasteiger partial charge in [0.15, 0.2) is 0 Å². The van der Waals surface area contributed by atoms with Gasteiger partial charge in [0.2, 0.25) is 5.13 Å². The number of carbonyl (C=O) groups excluding carboxylic acids is 1. The van der Waals surface area contributed by atoms with E-state index in [4.69, 9.17) is 0 Å². The van der Waals surface area contributed by atoms with Gasteiger partial charge in [-0.15, -0.1) is 10.2 Å². The lowest BCUT2D eigenvalue weighted by molar-refractivity contribution is 0.102. The predicted octanol–water partition coefficient (Wildman–Crippen LogP) is 2.86. The second-order valence-electron chi connectivity index (χ2n) is 3.16. The number of aryl methyl sites for hydroxylation is 1. The molecule has 0 unspecified atom stereocenters. The van der Waals surface area contributed by atoms with Gasteiger partial charge < -0.3 is 0 Å². The number of carbonyl (C=O) groups is 1. The van der Waals surface area contributed by atoms with E-state index >= 15 is 0 Å². The lowest BCUT2D eigenvalue weighted by Gasteiger charge is -2.03. The molecule has 82 valence electrons. The van der Waals surface area contributed by atoms with Crippen molar-refractivity contribution in [3.63, 3.8) is 0 Å². The fourth-order valence-corrected chi connectivity index (χ4v) is 1.87. The average molecular weight is 298 g/mol. The maximum atomic E-state index is 11.8. The van der Waals surface area contributed by atoms with Crippen molar-refractivity contribution in [2.75, 3.05) is 5.32 Å². The molecule has 2 aromatic rings. The SMILES string of the molecule is Cc1cc(C(=O)Nc2nncs2)ccc1Br. The van der Waals surface area contributed by atoms with E-state index in [1.54, 1.807) is 11.6 Å². The van der Waals surface area contributed by atoms with Gasteiger partial charge in [-0.25, -0.2) is 0 Å². The minimum Gasteiger partial charge on any atom is -0.296 e. The molecular formula is C10H8BrN3OS. The third-order valence-electron chi connectivity index (χ3n) is 2.00. The number of anilines is 1. The van der Waals surface area contributed by atoms with Crippen LogP contribution in [0.2, 0.25) is 0 Å². The molecule has 2 rings (SSSR count).